The van der Waals surface area contributed by atoms with Gasteiger partial charge in [0.1, 0.15) is 30.5 Å². The van der Waals surface area contributed by atoms with Crippen molar-refractivity contribution in [3.8, 4) is 0 Å². The summed E-state index contributed by atoms with van der Waals surface area (Å²) in [6, 6.07) is 39.7. The maximum Gasteiger partial charge on any atom is 0.115 e. The molecule has 0 bridgehead atoms. The first-order valence-corrected chi connectivity index (χ1v) is 21.6. The van der Waals surface area contributed by atoms with Crippen molar-refractivity contribution < 1.29 is 24.1 Å². The predicted molar refractivity (Wildman–Crippen MR) is 229 cm³/mol. The van der Waals surface area contributed by atoms with Crippen LogP contribution in [0.3, 0.4) is 0 Å². The number of ether oxygens (including phenoxy) is 4. The molecule has 2 N–H and O–H groups in total. The molecule has 310 valence electrons. The number of hydrogen-bond donors (Lipinski definition) is 2. The number of unbranched alkanes of at least 4 members (excludes halogenated alkanes) is 9. The van der Waals surface area contributed by atoms with Crippen LogP contribution in [-0.2, 0) is 58.5 Å². The quantitative estimate of drug-likeness (QED) is 0.0535. The number of aryl methyl sites for hydroxylation is 1. The van der Waals surface area contributed by atoms with Crippen LogP contribution in [0.1, 0.15) is 99.1 Å². The van der Waals surface area contributed by atoms with Crippen LogP contribution in [0, 0.1) is 0 Å². The molecule has 1 saturated carbocycles. The Labute approximate surface area is 346 Å². The van der Waals surface area contributed by atoms with E-state index in [1.165, 1.54) is 57.8 Å². The molecule has 0 aliphatic heterocycles. The standard InChI is InChI=1S/C49H64N4O5/c1-2-3-4-5-6-7-8-9-10-23-32-53-34-43(51-52-53)33-50-44-45(54)47(56-36-40-26-17-12-18-27-40)49(58-38-42-30-21-14-22-31-42)48(57-37-41-28-19-13-20-29-41)46(44)55-35-39-24-15-11-16-25-39/h11-22,24-31,34,44-50,54H,2-10,23,32-33,35-38H2,1H3/t44-,45-,46+,47+,48-,49-/m1/s1. The van der Waals surface area contributed by atoms with Gasteiger partial charge in [0.2, 0.25) is 0 Å². The van der Waals surface area contributed by atoms with Gasteiger partial charge >= 0.3 is 0 Å². The number of nitrogens with zero attached hydrogens (tertiary/aromatic N) is 3. The van der Waals surface area contributed by atoms with Gasteiger partial charge in [0.25, 0.3) is 0 Å². The number of aliphatic hydroxyl groups excluding tert-OH is 1. The molecule has 1 aromatic heterocycles. The molecule has 1 aliphatic rings. The minimum atomic E-state index is -1.01. The van der Waals surface area contributed by atoms with Crippen molar-refractivity contribution in [2.45, 2.75) is 147 Å². The van der Waals surface area contributed by atoms with Crippen molar-refractivity contribution in [2.24, 2.45) is 0 Å². The van der Waals surface area contributed by atoms with E-state index in [1.54, 1.807) is 0 Å². The van der Waals surface area contributed by atoms with Gasteiger partial charge in [0, 0.05) is 19.3 Å². The number of rotatable bonds is 26. The van der Waals surface area contributed by atoms with Crippen LogP contribution in [0.15, 0.2) is 128 Å². The Bertz CT molecular complexity index is 1800. The molecule has 1 heterocycles. The molecule has 0 amide bonds. The van der Waals surface area contributed by atoms with Gasteiger partial charge in [-0.3, -0.25) is 4.68 Å². The molecule has 4 aromatic carbocycles. The molecule has 9 heteroatoms. The second kappa shape index (κ2) is 24.6. The van der Waals surface area contributed by atoms with E-state index in [1.807, 2.05) is 120 Å². The Morgan fingerprint density at radius 1 is 0.517 bits per heavy atom. The Balaban J connectivity index is 1.19. The number of hydrogen-bond acceptors (Lipinski definition) is 8. The van der Waals surface area contributed by atoms with Crippen molar-refractivity contribution >= 4 is 0 Å². The highest BCUT2D eigenvalue weighted by atomic mass is 16.6. The fourth-order valence-corrected chi connectivity index (χ4v) is 7.76. The van der Waals surface area contributed by atoms with Crippen LogP contribution in [0.5, 0.6) is 0 Å². The largest absolute Gasteiger partial charge is 0.389 e. The smallest absolute Gasteiger partial charge is 0.115 e. The minimum absolute atomic E-state index is 0.300. The van der Waals surface area contributed by atoms with Crippen LogP contribution >= 0.6 is 0 Å². The SMILES string of the molecule is CCCCCCCCCCCCn1cc(CN[C@@H]2[C@@H](O)[C@H](OCc3ccccc3)[C@@H](OCc3ccccc3)[C@H](OCc3ccccc3)[C@H]2OCc2ccccc2)nn1. The molecule has 1 fully saturated rings. The molecule has 9 nitrogen and oxygen atoms in total. The number of benzene rings is 4. The van der Waals surface area contributed by atoms with Crippen LogP contribution in [0.2, 0.25) is 0 Å². The van der Waals surface area contributed by atoms with E-state index >= 15 is 0 Å². The molecule has 6 rings (SSSR count). The molecule has 1 aliphatic carbocycles. The second-order valence-electron chi connectivity index (χ2n) is 15.6. The first-order valence-electron chi connectivity index (χ1n) is 21.6. The third-order valence-corrected chi connectivity index (χ3v) is 11.0. The lowest BCUT2D eigenvalue weighted by Crippen LogP contribution is -2.69. The summed E-state index contributed by atoms with van der Waals surface area (Å²) in [6.45, 7) is 4.78. The number of nitrogens with one attached hydrogen (secondary N) is 1. The Morgan fingerprint density at radius 3 is 1.38 bits per heavy atom. The zero-order valence-corrected chi connectivity index (χ0v) is 34.3. The van der Waals surface area contributed by atoms with Gasteiger partial charge in [-0.2, -0.15) is 0 Å². The summed E-state index contributed by atoms with van der Waals surface area (Å²) in [5, 5.41) is 25.1. The highest BCUT2D eigenvalue weighted by Gasteiger charge is 2.53. The van der Waals surface area contributed by atoms with Gasteiger partial charge in [-0.25, -0.2) is 0 Å². The van der Waals surface area contributed by atoms with Gasteiger partial charge < -0.3 is 29.4 Å². The third kappa shape index (κ3) is 14.0. The molecule has 0 radical (unpaired) electrons. The average Bonchev–Trinajstić information content (AvgIpc) is 3.73. The molecular weight excluding hydrogens is 725 g/mol. The van der Waals surface area contributed by atoms with Gasteiger partial charge in [0.15, 0.2) is 0 Å². The lowest BCUT2D eigenvalue weighted by molar-refractivity contribution is -0.251. The van der Waals surface area contributed by atoms with E-state index in [0.717, 1.165) is 40.9 Å². The number of aliphatic hydroxyl groups is 1. The van der Waals surface area contributed by atoms with Gasteiger partial charge in [0.05, 0.1) is 38.2 Å². The second-order valence-corrected chi connectivity index (χ2v) is 15.6. The van der Waals surface area contributed by atoms with Crippen molar-refractivity contribution in [2.75, 3.05) is 0 Å². The van der Waals surface area contributed by atoms with Crippen LogP contribution in [0.25, 0.3) is 0 Å². The van der Waals surface area contributed by atoms with E-state index in [0.29, 0.717) is 33.0 Å². The Kier molecular flexibility index (Phi) is 18.4. The summed E-state index contributed by atoms with van der Waals surface area (Å²) in [7, 11) is 0. The summed E-state index contributed by atoms with van der Waals surface area (Å²) >= 11 is 0. The van der Waals surface area contributed by atoms with Crippen LogP contribution in [-0.4, -0.2) is 56.7 Å². The molecule has 58 heavy (non-hydrogen) atoms. The lowest BCUT2D eigenvalue weighted by Gasteiger charge is -2.49. The topological polar surface area (TPSA) is 99.9 Å². The van der Waals surface area contributed by atoms with Gasteiger partial charge in [-0.1, -0.05) is 191 Å². The molecule has 0 saturated heterocycles. The highest BCUT2D eigenvalue weighted by molar-refractivity contribution is 5.18. The maximum atomic E-state index is 12.4. The van der Waals surface area contributed by atoms with E-state index < -0.39 is 36.6 Å². The average molecular weight is 789 g/mol. The van der Waals surface area contributed by atoms with Crippen molar-refractivity contribution in [3.05, 3.63) is 155 Å². The van der Waals surface area contributed by atoms with E-state index in [4.69, 9.17) is 18.9 Å². The normalized spacial score (nSPS) is 20.7. The van der Waals surface area contributed by atoms with Crippen molar-refractivity contribution in [1.29, 1.82) is 0 Å². The highest BCUT2D eigenvalue weighted by Crippen LogP contribution is 2.33. The van der Waals surface area contributed by atoms with E-state index in [-0.39, 0.29) is 0 Å². The van der Waals surface area contributed by atoms with Crippen molar-refractivity contribution in [3.63, 3.8) is 0 Å². The third-order valence-electron chi connectivity index (χ3n) is 11.0. The zero-order chi connectivity index (χ0) is 40.0. The molecule has 0 unspecified atom stereocenters. The van der Waals surface area contributed by atoms with Crippen molar-refractivity contribution in [1.82, 2.24) is 20.3 Å². The monoisotopic (exact) mass is 788 g/mol. The fraction of sp³-hybridized carbons (Fsp3) is 0.469. The predicted octanol–water partition coefficient (Wildman–Crippen LogP) is 9.37. The van der Waals surface area contributed by atoms with Crippen LogP contribution < -0.4 is 5.32 Å². The van der Waals surface area contributed by atoms with Gasteiger partial charge in [-0.05, 0) is 28.7 Å². The summed E-state index contributed by atoms with van der Waals surface area (Å²) in [4.78, 5) is 0. The number of aromatic nitrogens is 3. The minimum Gasteiger partial charge on any atom is -0.389 e. The van der Waals surface area contributed by atoms with E-state index in [9.17, 15) is 5.11 Å². The Morgan fingerprint density at radius 2 is 0.914 bits per heavy atom. The first kappa shape index (κ1) is 43.4. The summed E-state index contributed by atoms with van der Waals surface area (Å²) in [5.74, 6) is 0. The Hall–Kier alpha value is -4.22. The summed E-state index contributed by atoms with van der Waals surface area (Å²) in [6.07, 6.45) is 11.3. The molecular formula is C49H64N4O5. The lowest BCUT2D eigenvalue weighted by atomic mass is 9.82. The van der Waals surface area contributed by atoms with E-state index in [2.05, 4.69) is 34.7 Å². The van der Waals surface area contributed by atoms with Gasteiger partial charge in [-0.15, -0.1) is 5.10 Å². The summed E-state index contributed by atoms with van der Waals surface area (Å²) in [5.41, 5.74) is 4.87. The zero-order valence-electron chi connectivity index (χ0n) is 34.3. The first-order chi connectivity index (χ1) is 28.7. The van der Waals surface area contributed by atoms with Crippen LogP contribution in [0.4, 0.5) is 0 Å². The maximum absolute atomic E-state index is 12.4. The molecule has 6 atom stereocenters. The molecule has 5 aromatic rings. The molecule has 0 spiro atoms. The summed E-state index contributed by atoms with van der Waals surface area (Å²) < 4.78 is 29.1. The fourth-order valence-electron chi connectivity index (χ4n) is 7.76.